The molecule has 0 aliphatic carbocycles. The number of carbonyl (C=O) groups excluding carboxylic acids is 1. The molecule has 2 rings (SSSR count). The van der Waals surface area contributed by atoms with Gasteiger partial charge in [0, 0.05) is 10.8 Å². The lowest BCUT2D eigenvalue weighted by Crippen LogP contribution is -2.32. The molecule has 1 aromatic heterocycles. The zero-order chi connectivity index (χ0) is 18.4. The molecule has 0 saturated heterocycles. The molecule has 1 amide bonds. The van der Waals surface area contributed by atoms with Crippen molar-refractivity contribution in [3.63, 3.8) is 0 Å². The van der Waals surface area contributed by atoms with E-state index in [2.05, 4.69) is 15.5 Å². The first-order chi connectivity index (χ1) is 11.8. The maximum Gasteiger partial charge on any atom is 0.319 e. The number of rotatable bonds is 8. The molecule has 134 valence electrons. The van der Waals surface area contributed by atoms with Crippen molar-refractivity contribution in [2.24, 2.45) is 0 Å². The molecule has 0 spiro atoms. The maximum atomic E-state index is 12.3. The number of aromatic nitrogens is 2. The van der Waals surface area contributed by atoms with Gasteiger partial charge in [-0.05, 0) is 32.3 Å². The van der Waals surface area contributed by atoms with Crippen molar-refractivity contribution in [2.75, 3.05) is 11.1 Å². The van der Waals surface area contributed by atoms with Crippen LogP contribution in [-0.4, -0.2) is 42.4 Å². The maximum absolute atomic E-state index is 12.3. The van der Waals surface area contributed by atoms with E-state index in [9.17, 15) is 18.9 Å². The number of nitrogens with one attached hydrogen (secondary N) is 1. The molecule has 2 atom stereocenters. The van der Waals surface area contributed by atoms with E-state index >= 15 is 0 Å². The predicted molar refractivity (Wildman–Crippen MR) is 97.2 cm³/mol. The van der Waals surface area contributed by atoms with Crippen molar-refractivity contribution < 1.29 is 18.9 Å². The van der Waals surface area contributed by atoms with Crippen molar-refractivity contribution in [3.05, 3.63) is 40.4 Å². The van der Waals surface area contributed by atoms with E-state index in [-0.39, 0.29) is 12.2 Å². The Balaban J connectivity index is 1.91. The van der Waals surface area contributed by atoms with Crippen LogP contribution in [0.5, 0.6) is 0 Å². The molecule has 7 nitrogen and oxygen atoms in total. The van der Waals surface area contributed by atoms with Gasteiger partial charge in [0.15, 0.2) is 0 Å². The van der Waals surface area contributed by atoms with Gasteiger partial charge in [0.25, 0.3) is 0 Å². The molecule has 25 heavy (non-hydrogen) atoms. The molecule has 2 N–H and O–H groups in total. The molecule has 1 heterocycles. The van der Waals surface area contributed by atoms with Crippen LogP contribution in [0, 0.1) is 13.8 Å². The number of hydrogen-bond donors (Lipinski definition) is 2. The van der Waals surface area contributed by atoms with Crippen molar-refractivity contribution in [1.82, 2.24) is 10.2 Å². The number of aliphatic carboxylic acids is 1. The number of carboxylic acid groups (broad SMARTS) is 1. The van der Waals surface area contributed by atoms with E-state index in [0.717, 1.165) is 11.1 Å². The second-order valence-electron chi connectivity index (χ2n) is 5.55. The monoisotopic (exact) mass is 381 g/mol. The van der Waals surface area contributed by atoms with Crippen LogP contribution in [0.1, 0.15) is 22.6 Å². The molecule has 1 aromatic carbocycles. The van der Waals surface area contributed by atoms with E-state index in [1.54, 1.807) is 6.92 Å². The van der Waals surface area contributed by atoms with Gasteiger partial charge >= 0.3 is 5.97 Å². The van der Waals surface area contributed by atoms with Crippen LogP contribution in [0.4, 0.5) is 5.13 Å². The first-order valence-electron chi connectivity index (χ1n) is 7.60. The Morgan fingerprint density at radius 2 is 1.92 bits per heavy atom. The van der Waals surface area contributed by atoms with Crippen molar-refractivity contribution in [3.8, 4) is 0 Å². The number of anilines is 1. The fourth-order valence-electron chi connectivity index (χ4n) is 2.15. The summed E-state index contributed by atoms with van der Waals surface area (Å²) >= 11 is 1.20. The highest BCUT2D eigenvalue weighted by Gasteiger charge is 2.26. The standard InChI is InChI=1S/C16H19N3O4S2/c1-10-3-5-12(6-4-10)7-8-13(15(21)22)25(23)9-14(20)17-16-19-18-11(2)24-16/h3-6,13H,7-9H2,1-2H3,(H,21,22)(H,17,19,20). The van der Waals surface area contributed by atoms with Crippen LogP contribution in [0.25, 0.3) is 0 Å². The summed E-state index contributed by atoms with van der Waals surface area (Å²) in [6, 6.07) is 7.72. The van der Waals surface area contributed by atoms with E-state index in [4.69, 9.17) is 0 Å². The predicted octanol–water partition coefficient (Wildman–Crippen LogP) is 1.93. The normalized spacial score (nSPS) is 13.2. The molecule has 0 aliphatic rings. The molecule has 9 heteroatoms. The van der Waals surface area contributed by atoms with E-state index in [0.29, 0.717) is 16.6 Å². The topological polar surface area (TPSA) is 109 Å². The molecule has 0 bridgehead atoms. The lowest BCUT2D eigenvalue weighted by Gasteiger charge is -2.12. The molecule has 0 radical (unpaired) electrons. The third-order valence-electron chi connectivity index (χ3n) is 3.45. The van der Waals surface area contributed by atoms with Crippen LogP contribution >= 0.6 is 11.3 Å². The minimum absolute atomic E-state index is 0.205. The van der Waals surface area contributed by atoms with Gasteiger partial charge in [-0.3, -0.25) is 19.1 Å². The third kappa shape index (κ3) is 6.02. The van der Waals surface area contributed by atoms with Gasteiger partial charge in [-0.15, -0.1) is 10.2 Å². The lowest BCUT2D eigenvalue weighted by molar-refractivity contribution is -0.136. The van der Waals surface area contributed by atoms with Gasteiger partial charge < -0.3 is 5.11 Å². The average molecular weight is 381 g/mol. The first kappa shape index (κ1) is 19.2. The van der Waals surface area contributed by atoms with Gasteiger partial charge in [0.1, 0.15) is 16.0 Å². The van der Waals surface area contributed by atoms with Crippen LogP contribution in [0.15, 0.2) is 24.3 Å². The summed E-state index contributed by atoms with van der Waals surface area (Å²) in [5.74, 6) is -2.08. The quantitative estimate of drug-likeness (QED) is 0.723. The smallest absolute Gasteiger partial charge is 0.319 e. The first-order valence-corrected chi connectivity index (χ1v) is 9.80. The zero-order valence-electron chi connectivity index (χ0n) is 13.9. The van der Waals surface area contributed by atoms with Crippen molar-refractivity contribution in [2.45, 2.75) is 31.9 Å². The van der Waals surface area contributed by atoms with Gasteiger partial charge in [0.2, 0.25) is 11.0 Å². The Kier molecular flexibility index (Phi) is 6.77. The molecular formula is C16H19N3O4S2. The minimum Gasteiger partial charge on any atom is -0.480 e. The van der Waals surface area contributed by atoms with Crippen LogP contribution < -0.4 is 5.32 Å². The Labute approximate surface area is 151 Å². The number of carboxylic acids is 1. The Bertz CT molecular complexity index is 774. The highest BCUT2D eigenvalue weighted by molar-refractivity contribution is 7.87. The number of benzene rings is 1. The summed E-state index contributed by atoms with van der Waals surface area (Å²) in [5.41, 5.74) is 2.09. The fraction of sp³-hybridized carbons (Fsp3) is 0.375. The Hall–Kier alpha value is -2.13. The minimum atomic E-state index is -1.82. The Morgan fingerprint density at radius 3 is 2.48 bits per heavy atom. The zero-order valence-corrected chi connectivity index (χ0v) is 15.5. The van der Waals surface area contributed by atoms with E-state index in [1.165, 1.54) is 11.3 Å². The molecule has 2 unspecified atom stereocenters. The van der Waals surface area contributed by atoms with Crippen molar-refractivity contribution >= 4 is 39.1 Å². The van der Waals surface area contributed by atoms with Crippen molar-refractivity contribution in [1.29, 1.82) is 0 Å². The second kappa shape index (κ2) is 8.82. The number of aryl methyl sites for hydroxylation is 3. The van der Waals surface area contributed by atoms with Crippen LogP contribution in [0.2, 0.25) is 0 Å². The highest BCUT2D eigenvalue weighted by atomic mass is 32.2. The Morgan fingerprint density at radius 1 is 1.24 bits per heavy atom. The molecule has 0 saturated carbocycles. The molecule has 0 fully saturated rings. The summed E-state index contributed by atoms with van der Waals surface area (Å²) in [6.07, 6.45) is 0.691. The average Bonchev–Trinajstić information content (AvgIpc) is 2.93. The molecule has 0 aliphatic heterocycles. The number of nitrogens with zero attached hydrogens (tertiary/aromatic N) is 2. The molecular weight excluding hydrogens is 362 g/mol. The SMILES string of the molecule is Cc1ccc(CCC(C(=O)O)S(=O)CC(=O)Nc2nnc(C)s2)cc1. The summed E-state index contributed by atoms with van der Waals surface area (Å²) < 4.78 is 12.3. The largest absolute Gasteiger partial charge is 0.480 e. The third-order valence-corrected chi connectivity index (χ3v) is 5.83. The van der Waals surface area contributed by atoms with Gasteiger partial charge in [0.05, 0.1) is 0 Å². The second-order valence-corrected chi connectivity index (χ2v) is 8.35. The highest BCUT2D eigenvalue weighted by Crippen LogP contribution is 2.15. The fourth-order valence-corrected chi connectivity index (χ4v) is 3.90. The summed E-state index contributed by atoms with van der Waals surface area (Å²) in [6.45, 7) is 3.72. The van der Waals surface area contributed by atoms with Gasteiger partial charge in [-0.25, -0.2) is 0 Å². The summed E-state index contributed by atoms with van der Waals surface area (Å²) in [4.78, 5) is 23.3. The van der Waals surface area contributed by atoms with Crippen LogP contribution in [-0.2, 0) is 26.8 Å². The van der Waals surface area contributed by atoms with Gasteiger partial charge in [-0.1, -0.05) is 41.2 Å². The number of carbonyl (C=O) groups is 2. The lowest BCUT2D eigenvalue weighted by atomic mass is 10.1. The number of hydrogen-bond acceptors (Lipinski definition) is 6. The molecule has 2 aromatic rings. The summed E-state index contributed by atoms with van der Waals surface area (Å²) in [5, 5.41) is 19.2. The van der Waals surface area contributed by atoms with Crippen LogP contribution in [0.3, 0.4) is 0 Å². The van der Waals surface area contributed by atoms with E-state index in [1.807, 2.05) is 31.2 Å². The number of amides is 1. The van der Waals surface area contributed by atoms with E-state index < -0.39 is 27.9 Å². The summed E-state index contributed by atoms with van der Waals surface area (Å²) in [7, 11) is -1.82. The van der Waals surface area contributed by atoms with Gasteiger partial charge in [-0.2, -0.15) is 0 Å².